The Bertz CT molecular complexity index is 902. The SMILES string of the molecule is CCN(CC)C(C)c1cc([N+](=O)[O-])ccc1Oc1ccc([N+](=O)[O-])cc1C(C)N(CC)CC.Cl. The van der Waals surface area contributed by atoms with Crippen LogP contribution in [0.15, 0.2) is 36.4 Å². The van der Waals surface area contributed by atoms with E-state index in [2.05, 4.69) is 9.80 Å². The molecule has 188 valence electrons. The topological polar surface area (TPSA) is 102 Å². The van der Waals surface area contributed by atoms with Gasteiger partial charge in [-0.1, -0.05) is 27.7 Å². The second-order valence-electron chi connectivity index (χ2n) is 7.85. The zero-order chi connectivity index (χ0) is 24.7. The molecule has 0 radical (unpaired) electrons. The van der Waals surface area contributed by atoms with Gasteiger partial charge in [0.1, 0.15) is 11.5 Å². The number of nitro benzene ring substituents is 2. The van der Waals surface area contributed by atoms with Gasteiger partial charge >= 0.3 is 0 Å². The largest absolute Gasteiger partial charge is 0.457 e. The minimum atomic E-state index is -0.415. The van der Waals surface area contributed by atoms with E-state index in [9.17, 15) is 20.2 Å². The summed E-state index contributed by atoms with van der Waals surface area (Å²) in [5.74, 6) is 1.00. The van der Waals surface area contributed by atoms with Crippen molar-refractivity contribution in [2.24, 2.45) is 0 Å². The van der Waals surface area contributed by atoms with Gasteiger partial charge in [-0.15, -0.1) is 12.4 Å². The summed E-state index contributed by atoms with van der Waals surface area (Å²) in [5.41, 5.74) is 1.40. The Balaban J connectivity index is 0.00000578. The van der Waals surface area contributed by atoms with Gasteiger partial charge in [-0.3, -0.25) is 30.0 Å². The van der Waals surface area contributed by atoms with Gasteiger partial charge in [0, 0.05) is 47.5 Å². The Labute approximate surface area is 207 Å². The maximum Gasteiger partial charge on any atom is 0.270 e. The molecule has 34 heavy (non-hydrogen) atoms. The van der Waals surface area contributed by atoms with Crippen molar-refractivity contribution in [3.63, 3.8) is 0 Å². The van der Waals surface area contributed by atoms with Crippen LogP contribution in [0, 0.1) is 20.2 Å². The second kappa shape index (κ2) is 13.2. The molecule has 0 aliphatic carbocycles. The first-order valence-electron chi connectivity index (χ1n) is 11.4. The molecule has 10 heteroatoms. The van der Waals surface area contributed by atoms with Crippen molar-refractivity contribution in [3.8, 4) is 11.5 Å². The number of nitrogens with zero attached hydrogens (tertiary/aromatic N) is 4. The standard InChI is InChI=1S/C24H34N4O5.ClH/c1-7-25(8-2)17(5)21-15-19(27(29)30)11-13-23(21)33-24-14-12-20(28(31)32)16-22(24)18(6)26(9-3)10-4;/h11-18H,7-10H2,1-6H3;1H. The van der Waals surface area contributed by atoms with Gasteiger partial charge in [0.25, 0.3) is 11.4 Å². The highest BCUT2D eigenvalue weighted by atomic mass is 35.5. The first kappa shape index (κ1) is 29.3. The lowest BCUT2D eigenvalue weighted by Gasteiger charge is -2.30. The Hall–Kier alpha value is -2.75. The molecule has 2 rings (SSSR count). The molecule has 0 heterocycles. The number of non-ortho nitro benzene ring substituents is 2. The van der Waals surface area contributed by atoms with Crippen LogP contribution < -0.4 is 4.74 Å². The predicted octanol–water partition coefficient (Wildman–Crippen LogP) is 6.52. The molecule has 2 unspecified atom stereocenters. The molecule has 0 saturated carbocycles. The Morgan fingerprint density at radius 2 is 1.06 bits per heavy atom. The van der Waals surface area contributed by atoms with Crippen LogP contribution >= 0.6 is 12.4 Å². The van der Waals surface area contributed by atoms with Crippen molar-refractivity contribution in [1.82, 2.24) is 9.80 Å². The molecule has 0 amide bonds. The zero-order valence-corrected chi connectivity index (χ0v) is 21.5. The van der Waals surface area contributed by atoms with Crippen LogP contribution in [0.5, 0.6) is 11.5 Å². The molecule has 9 nitrogen and oxygen atoms in total. The van der Waals surface area contributed by atoms with Crippen LogP contribution in [-0.2, 0) is 0 Å². The first-order valence-corrected chi connectivity index (χ1v) is 11.4. The van der Waals surface area contributed by atoms with Gasteiger partial charge in [-0.05, 0) is 52.2 Å². The van der Waals surface area contributed by atoms with Crippen molar-refractivity contribution in [2.75, 3.05) is 26.2 Å². The molecule has 0 fully saturated rings. The monoisotopic (exact) mass is 494 g/mol. The summed E-state index contributed by atoms with van der Waals surface area (Å²) in [6.07, 6.45) is 0. The fourth-order valence-electron chi connectivity index (χ4n) is 4.19. The van der Waals surface area contributed by atoms with E-state index in [0.29, 0.717) is 22.6 Å². The van der Waals surface area contributed by atoms with E-state index < -0.39 is 9.85 Å². The smallest absolute Gasteiger partial charge is 0.270 e. The van der Waals surface area contributed by atoms with E-state index in [1.807, 2.05) is 41.5 Å². The van der Waals surface area contributed by atoms with E-state index in [4.69, 9.17) is 4.74 Å². The summed E-state index contributed by atoms with van der Waals surface area (Å²) in [4.78, 5) is 26.4. The van der Waals surface area contributed by atoms with Crippen molar-refractivity contribution in [1.29, 1.82) is 0 Å². The zero-order valence-electron chi connectivity index (χ0n) is 20.7. The summed E-state index contributed by atoms with van der Waals surface area (Å²) in [6.45, 7) is 15.3. The Kier molecular flexibility index (Phi) is 11.4. The number of hydrogen-bond acceptors (Lipinski definition) is 7. The molecular weight excluding hydrogens is 460 g/mol. The number of halogens is 1. The summed E-state index contributed by atoms with van der Waals surface area (Å²) in [6, 6.07) is 8.95. The summed E-state index contributed by atoms with van der Waals surface area (Å²) in [5, 5.41) is 22.8. The summed E-state index contributed by atoms with van der Waals surface area (Å²) >= 11 is 0. The number of benzene rings is 2. The first-order chi connectivity index (χ1) is 15.7. The molecule has 0 aliphatic heterocycles. The van der Waals surface area contributed by atoms with Crippen molar-refractivity contribution in [3.05, 3.63) is 67.8 Å². The minimum absolute atomic E-state index is 0. The van der Waals surface area contributed by atoms with Gasteiger partial charge in [0.15, 0.2) is 0 Å². The second-order valence-corrected chi connectivity index (χ2v) is 7.85. The quantitative estimate of drug-likeness (QED) is 0.244. The lowest BCUT2D eigenvalue weighted by molar-refractivity contribution is -0.385. The maximum atomic E-state index is 11.4. The number of hydrogen-bond donors (Lipinski definition) is 0. The van der Waals surface area contributed by atoms with Crippen molar-refractivity contribution in [2.45, 2.75) is 53.6 Å². The average Bonchev–Trinajstić information content (AvgIpc) is 2.80. The average molecular weight is 495 g/mol. The molecule has 2 aromatic rings. The molecule has 0 spiro atoms. The fraction of sp³-hybridized carbons (Fsp3) is 0.500. The van der Waals surface area contributed by atoms with Gasteiger partial charge in [-0.2, -0.15) is 0 Å². The highest BCUT2D eigenvalue weighted by Gasteiger charge is 2.24. The minimum Gasteiger partial charge on any atom is -0.457 e. The normalized spacial score (nSPS) is 12.8. The molecule has 2 atom stereocenters. The predicted molar refractivity (Wildman–Crippen MR) is 136 cm³/mol. The molecule has 0 saturated heterocycles. The highest BCUT2D eigenvalue weighted by molar-refractivity contribution is 5.85. The Morgan fingerprint density at radius 1 is 0.735 bits per heavy atom. The third-order valence-corrected chi connectivity index (χ3v) is 6.25. The lowest BCUT2D eigenvalue weighted by atomic mass is 10.0. The molecule has 0 aliphatic rings. The number of ether oxygens (including phenoxy) is 1. The van der Waals surface area contributed by atoms with Crippen LogP contribution in [0.1, 0.15) is 64.8 Å². The van der Waals surface area contributed by atoms with E-state index in [-0.39, 0.29) is 35.9 Å². The highest BCUT2D eigenvalue weighted by Crippen LogP contribution is 2.39. The third kappa shape index (κ3) is 6.65. The molecule has 0 N–H and O–H groups in total. The van der Waals surface area contributed by atoms with E-state index >= 15 is 0 Å². The molecule has 0 aromatic heterocycles. The number of rotatable bonds is 12. The molecule has 0 bridgehead atoms. The molecular formula is C24H35ClN4O5. The van der Waals surface area contributed by atoms with Gasteiger partial charge < -0.3 is 4.74 Å². The van der Waals surface area contributed by atoms with Crippen LogP contribution in [0.25, 0.3) is 0 Å². The van der Waals surface area contributed by atoms with Crippen LogP contribution in [0.4, 0.5) is 11.4 Å². The van der Waals surface area contributed by atoms with Crippen LogP contribution in [0.2, 0.25) is 0 Å². The van der Waals surface area contributed by atoms with E-state index in [1.165, 1.54) is 12.1 Å². The third-order valence-electron chi connectivity index (χ3n) is 6.25. The Morgan fingerprint density at radius 3 is 1.32 bits per heavy atom. The van der Waals surface area contributed by atoms with Gasteiger partial charge in [0.05, 0.1) is 9.85 Å². The van der Waals surface area contributed by atoms with Gasteiger partial charge in [0.2, 0.25) is 0 Å². The fourth-order valence-corrected chi connectivity index (χ4v) is 4.19. The summed E-state index contributed by atoms with van der Waals surface area (Å²) < 4.78 is 6.33. The van der Waals surface area contributed by atoms with Crippen molar-refractivity contribution < 1.29 is 14.6 Å². The number of nitro groups is 2. The van der Waals surface area contributed by atoms with E-state index in [1.54, 1.807) is 24.3 Å². The van der Waals surface area contributed by atoms with Crippen LogP contribution in [-0.4, -0.2) is 45.8 Å². The van der Waals surface area contributed by atoms with Crippen molar-refractivity contribution >= 4 is 23.8 Å². The lowest BCUT2D eigenvalue weighted by Crippen LogP contribution is -2.27. The summed E-state index contributed by atoms with van der Waals surface area (Å²) in [7, 11) is 0. The van der Waals surface area contributed by atoms with Gasteiger partial charge in [-0.25, -0.2) is 0 Å². The maximum absolute atomic E-state index is 11.4. The van der Waals surface area contributed by atoms with E-state index in [0.717, 1.165) is 26.2 Å². The van der Waals surface area contributed by atoms with Crippen LogP contribution in [0.3, 0.4) is 0 Å². The molecule has 2 aromatic carbocycles.